The van der Waals surface area contributed by atoms with Gasteiger partial charge in [-0.1, -0.05) is 39.7 Å². The van der Waals surface area contributed by atoms with Crippen LogP contribution in [-0.4, -0.2) is 18.9 Å². The highest BCUT2D eigenvalue weighted by Crippen LogP contribution is 2.13. The van der Waals surface area contributed by atoms with E-state index >= 15 is 0 Å². The fraction of sp³-hybridized carbons (Fsp3) is 0.0588. The number of carbonyl (C=O) groups is 2. The van der Waals surface area contributed by atoms with Crippen molar-refractivity contribution < 1.29 is 9.59 Å². The molecule has 0 saturated carbocycles. The number of halogens is 2. The van der Waals surface area contributed by atoms with Gasteiger partial charge in [0.15, 0.2) is 0 Å². The maximum atomic E-state index is 12.3. The lowest BCUT2D eigenvalue weighted by Crippen LogP contribution is -2.33. The van der Waals surface area contributed by atoms with Gasteiger partial charge in [0, 0.05) is 22.1 Å². The van der Waals surface area contributed by atoms with E-state index in [4.69, 9.17) is 11.6 Å². The Bertz CT molecular complexity index is 740. The summed E-state index contributed by atoms with van der Waals surface area (Å²) in [5.41, 5.74) is 1.37. The van der Waals surface area contributed by atoms with Crippen LogP contribution in [0.1, 0.15) is 15.9 Å². The first kappa shape index (κ1) is 17.2. The molecule has 2 rings (SSSR count). The lowest BCUT2D eigenvalue weighted by molar-refractivity contribution is -0.117. The second kappa shape index (κ2) is 7.94. The van der Waals surface area contributed by atoms with E-state index in [-0.39, 0.29) is 17.5 Å². The highest BCUT2D eigenvalue weighted by Gasteiger charge is 2.13. The van der Waals surface area contributed by atoms with Crippen LogP contribution in [0.4, 0.5) is 0 Å². The quantitative estimate of drug-likeness (QED) is 0.780. The predicted octanol–water partition coefficient (Wildman–Crippen LogP) is 3.62. The van der Waals surface area contributed by atoms with Crippen LogP contribution >= 0.6 is 27.5 Å². The van der Waals surface area contributed by atoms with Crippen molar-refractivity contribution in [3.8, 4) is 0 Å². The summed E-state index contributed by atoms with van der Waals surface area (Å²) in [6, 6.07) is 13.8. The third-order valence-corrected chi connectivity index (χ3v) is 3.79. The van der Waals surface area contributed by atoms with Crippen molar-refractivity contribution >= 4 is 45.4 Å². The Kier molecular flexibility index (Phi) is 5.96. The van der Waals surface area contributed by atoms with Crippen LogP contribution in [0.2, 0.25) is 5.02 Å². The Hall–Kier alpha value is -2.11. The van der Waals surface area contributed by atoms with E-state index in [1.54, 1.807) is 54.6 Å². The van der Waals surface area contributed by atoms with Gasteiger partial charge in [-0.2, -0.15) is 0 Å². The first-order valence-electron chi connectivity index (χ1n) is 6.76. The number of hydrogen-bond acceptors (Lipinski definition) is 2. The molecule has 4 nitrogen and oxygen atoms in total. The van der Waals surface area contributed by atoms with Crippen molar-refractivity contribution in [3.63, 3.8) is 0 Å². The van der Waals surface area contributed by atoms with Crippen molar-refractivity contribution in [2.45, 2.75) is 0 Å². The number of likely N-dealkylation sites (N-methyl/N-ethyl adjacent to an activating group) is 1. The Balaban J connectivity index is 2.25. The molecule has 0 atom stereocenters. The molecular weight excluding hydrogens is 380 g/mol. The van der Waals surface area contributed by atoms with Crippen LogP contribution in [0.3, 0.4) is 0 Å². The van der Waals surface area contributed by atoms with E-state index in [0.717, 1.165) is 10.0 Å². The molecule has 0 unspecified atom stereocenters. The monoisotopic (exact) mass is 392 g/mol. The maximum Gasteiger partial charge on any atom is 0.267 e. The van der Waals surface area contributed by atoms with Crippen molar-refractivity contribution in [2.75, 3.05) is 7.05 Å². The van der Waals surface area contributed by atoms with Gasteiger partial charge in [-0.05, 0) is 48.0 Å². The van der Waals surface area contributed by atoms with Gasteiger partial charge in [-0.3, -0.25) is 9.59 Å². The number of amides is 2. The fourth-order valence-electron chi connectivity index (χ4n) is 1.81. The molecule has 2 amide bonds. The van der Waals surface area contributed by atoms with E-state index in [0.29, 0.717) is 10.6 Å². The fourth-order valence-corrected chi connectivity index (χ4v) is 2.20. The Labute approximate surface area is 147 Å². The van der Waals surface area contributed by atoms with Crippen LogP contribution in [0.25, 0.3) is 6.08 Å². The molecule has 118 valence electrons. The number of nitrogens with one attached hydrogen (secondary N) is 2. The first-order valence-corrected chi connectivity index (χ1v) is 7.93. The molecule has 0 heterocycles. The molecule has 0 saturated heterocycles. The second-order valence-corrected chi connectivity index (χ2v) is 6.00. The third kappa shape index (κ3) is 4.94. The van der Waals surface area contributed by atoms with Gasteiger partial charge >= 0.3 is 0 Å². The summed E-state index contributed by atoms with van der Waals surface area (Å²) in [7, 11) is 1.50. The smallest absolute Gasteiger partial charge is 0.267 e. The van der Waals surface area contributed by atoms with Crippen molar-refractivity contribution in [1.29, 1.82) is 0 Å². The lowest BCUT2D eigenvalue weighted by atomic mass is 10.1. The zero-order valence-corrected chi connectivity index (χ0v) is 14.6. The molecule has 0 aromatic heterocycles. The molecule has 0 aliphatic heterocycles. The van der Waals surface area contributed by atoms with E-state index < -0.39 is 0 Å². The summed E-state index contributed by atoms with van der Waals surface area (Å²) >= 11 is 9.15. The summed E-state index contributed by atoms with van der Waals surface area (Å²) in [6.45, 7) is 0. The zero-order chi connectivity index (χ0) is 16.8. The zero-order valence-electron chi connectivity index (χ0n) is 12.3. The second-order valence-electron chi connectivity index (χ2n) is 4.65. The van der Waals surface area contributed by atoms with Crippen LogP contribution in [-0.2, 0) is 4.79 Å². The summed E-state index contributed by atoms with van der Waals surface area (Å²) in [4.78, 5) is 24.2. The maximum absolute atomic E-state index is 12.3. The third-order valence-electron chi connectivity index (χ3n) is 3.01. The SMILES string of the molecule is CNC(=O)/C(=C/c1ccc(Cl)cc1)NC(=O)c1ccc(Br)cc1. The Morgan fingerprint density at radius 2 is 1.65 bits per heavy atom. The van der Waals surface area contributed by atoms with Crippen LogP contribution in [0.15, 0.2) is 58.7 Å². The van der Waals surface area contributed by atoms with E-state index in [2.05, 4.69) is 26.6 Å². The number of benzene rings is 2. The predicted molar refractivity (Wildman–Crippen MR) is 95.1 cm³/mol. The minimum absolute atomic E-state index is 0.155. The molecule has 0 aliphatic carbocycles. The molecule has 0 radical (unpaired) electrons. The minimum Gasteiger partial charge on any atom is -0.354 e. The summed E-state index contributed by atoms with van der Waals surface area (Å²) < 4.78 is 0.872. The van der Waals surface area contributed by atoms with Crippen molar-refractivity contribution in [3.05, 3.63) is 74.9 Å². The van der Waals surface area contributed by atoms with E-state index in [1.165, 1.54) is 7.05 Å². The van der Waals surface area contributed by atoms with Crippen molar-refractivity contribution in [1.82, 2.24) is 10.6 Å². The highest BCUT2D eigenvalue weighted by atomic mass is 79.9. The standard InChI is InChI=1S/C17H14BrClN2O2/c1-20-17(23)15(10-11-2-8-14(19)9-3-11)21-16(22)12-4-6-13(18)7-5-12/h2-10H,1H3,(H,20,23)(H,21,22)/b15-10-. The summed E-state index contributed by atoms with van der Waals surface area (Å²) in [6.07, 6.45) is 1.59. The van der Waals surface area contributed by atoms with Crippen LogP contribution < -0.4 is 10.6 Å². The molecule has 2 aromatic carbocycles. The summed E-state index contributed by atoms with van der Waals surface area (Å²) in [5, 5.41) is 5.74. The summed E-state index contributed by atoms with van der Waals surface area (Å²) in [5.74, 6) is -0.744. The van der Waals surface area contributed by atoms with Crippen LogP contribution in [0.5, 0.6) is 0 Å². The topological polar surface area (TPSA) is 58.2 Å². The molecule has 2 N–H and O–H groups in total. The van der Waals surface area contributed by atoms with E-state index in [9.17, 15) is 9.59 Å². The molecule has 2 aromatic rings. The minimum atomic E-state index is -0.384. The van der Waals surface area contributed by atoms with E-state index in [1.807, 2.05) is 0 Å². The number of carbonyl (C=O) groups excluding carboxylic acids is 2. The molecule has 0 aliphatic rings. The van der Waals surface area contributed by atoms with Crippen LogP contribution in [0, 0.1) is 0 Å². The molecule has 0 fully saturated rings. The number of hydrogen-bond donors (Lipinski definition) is 2. The van der Waals surface area contributed by atoms with Gasteiger partial charge in [0.2, 0.25) is 0 Å². The number of rotatable bonds is 4. The molecule has 0 bridgehead atoms. The van der Waals surface area contributed by atoms with Gasteiger partial charge < -0.3 is 10.6 Å². The van der Waals surface area contributed by atoms with Gasteiger partial charge in [0.25, 0.3) is 11.8 Å². The Morgan fingerprint density at radius 1 is 1.04 bits per heavy atom. The van der Waals surface area contributed by atoms with Crippen molar-refractivity contribution in [2.24, 2.45) is 0 Å². The molecule has 0 spiro atoms. The van der Waals surface area contributed by atoms with Gasteiger partial charge in [0.05, 0.1) is 0 Å². The lowest BCUT2D eigenvalue weighted by Gasteiger charge is -2.09. The average molecular weight is 394 g/mol. The molecule has 23 heavy (non-hydrogen) atoms. The molecule has 6 heteroatoms. The van der Waals surface area contributed by atoms with Gasteiger partial charge in [-0.15, -0.1) is 0 Å². The largest absolute Gasteiger partial charge is 0.354 e. The normalized spacial score (nSPS) is 11.0. The highest BCUT2D eigenvalue weighted by molar-refractivity contribution is 9.10. The van der Waals surface area contributed by atoms with Gasteiger partial charge in [0.1, 0.15) is 5.70 Å². The average Bonchev–Trinajstić information content (AvgIpc) is 2.56. The first-order chi connectivity index (χ1) is 11.0. The van der Waals surface area contributed by atoms with Gasteiger partial charge in [-0.25, -0.2) is 0 Å². The Morgan fingerprint density at radius 3 is 2.22 bits per heavy atom. The molecular formula is C17H14BrClN2O2.